The van der Waals surface area contributed by atoms with E-state index in [9.17, 15) is 4.79 Å². The van der Waals surface area contributed by atoms with Crippen molar-refractivity contribution in [3.8, 4) is 0 Å². The van der Waals surface area contributed by atoms with Crippen LogP contribution in [-0.2, 0) is 9.53 Å². The van der Waals surface area contributed by atoms with E-state index in [1.165, 1.54) is 20.0 Å². The van der Waals surface area contributed by atoms with Crippen molar-refractivity contribution in [2.24, 2.45) is 17.8 Å². The van der Waals surface area contributed by atoms with E-state index < -0.39 is 0 Å². The van der Waals surface area contributed by atoms with Crippen molar-refractivity contribution in [1.29, 1.82) is 0 Å². The van der Waals surface area contributed by atoms with Gasteiger partial charge in [-0.1, -0.05) is 0 Å². The van der Waals surface area contributed by atoms with Gasteiger partial charge in [-0.25, -0.2) is 0 Å². The minimum atomic E-state index is -0.0381. The summed E-state index contributed by atoms with van der Waals surface area (Å²) < 4.78 is 4.72. The van der Waals surface area contributed by atoms with Crippen LogP contribution in [0.15, 0.2) is 0 Å². The SMILES string of the molecule is COC(=O)CC(C1CC1)C1CNC1. The van der Waals surface area contributed by atoms with E-state index in [4.69, 9.17) is 4.74 Å². The van der Waals surface area contributed by atoms with Crippen LogP contribution < -0.4 is 5.32 Å². The van der Waals surface area contributed by atoms with Gasteiger partial charge < -0.3 is 10.1 Å². The molecule has 2 aliphatic rings. The molecule has 3 heteroatoms. The quantitative estimate of drug-likeness (QED) is 0.655. The molecule has 0 radical (unpaired) electrons. The fourth-order valence-corrected chi connectivity index (χ4v) is 2.13. The molecule has 0 amide bonds. The highest BCUT2D eigenvalue weighted by atomic mass is 16.5. The number of carbonyl (C=O) groups is 1. The summed E-state index contributed by atoms with van der Waals surface area (Å²) in [5.41, 5.74) is 0. The number of methoxy groups -OCH3 is 1. The maximum absolute atomic E-state index is 11.2. The van der Waals surface area contributed by atoms with Crippen LogP contribution in [0.3, 0.4) is 0 Å². The Morgan fingerprint density at radius 3 is 2.54 bits per heavy atom. The zero-order chi connectivity index (χ0) is 9.26. The third-order valence-electron chi connectivity index (χ3n) is 3.28. The van der Waals surface area contributed by atoms with Gasteiger partial charge in [-0.3, -0.25) is 4.79 Å². The number of hydrogen-bond donors (Lipinski definition) is 1. The molecule has 1 N–H and O–H groups in total. The van der Waals surface area contributed by atoms with E-state index >= 15 is 0 Å². The molecule has 1 atom stereocenters. The second-order valence-electron chi connectivity index (χ2n) is 4.20. The highest BCUT2D eigenvalue weighted by molar-refractivity contribution is 5.69. The van der Waals surface area contributed by atoms with Crippen molar-refractivity contribution in [2.75, 3.05) is 20.2 Å². The lowest BCUT2D eigenvalue weighted by Crippen LogP contribution is -2.47. The Morgan fingerprint density at radius 2 is 2.15 bits per heavy atom. The van der Waals surface area contributed by atoms with Gasteiger partial charge in [0.2, 0.25) is 0 Å². The topological polar surface area (TPSA) is 38.3 Å². The third kappa shape index (κ3) is 2.02. The van der Waals surface area contributed by atoms with Crippen molar-refractivity contribution in [3.63, 3.8) is 0 Å². The minimum absolute atomic E-state index is 0.0381. The van der Waals surface area contributed by atoms with Gasteiger partial charge in [0.1, 0.15) is 0 Å². The van der Waals surface area contributed by atoms with Gasteiger partial charge in [-0.05, 0) is 43.7 Å². The van der Waals surface area contributed by atoms with Gasteiger partial charge in [0.05, 0.1) is 7.11 Å². The van der Waals surface area contributed by atoms with Crippen LogP contribution in [0.5, 0.6) is 0 Å². The fourth-order valence-electron chi connectivity index (χ4n) is 2.13. The Labute approximate surface area is 78.8 Å². The van der Waals surface area contributed by atoms with Gasteiger partial charge in [-0.2, -0.15) is 0 Å². The molecule has 13 heavy (non-hydrogen) atoms. The maximum atomic E-state index is 11.2. The van der Waals surface area contributed by atoms with E-state index in [0.717, 1.165) is 24.9 Å². The van der Waals surface area contributed by atoms with Crippen molar-refractivity contribution in [2.45, 2.75) is 19.3 Å². The molecule has 1 unspecified atom stereocenters. The van der Waals surface area contributed by atoms with Crippen molar-refractivity contribution in [3.05, 3.63) is 0 Å². The molecule has 0 spiro atoms. The first-order valence-electron chi connectivity index (χ1n) is 5.09. The number of carbonyl (C=O) groups excluding carboxylic acids is 1. The predicted molar refractivity (Wildman–Crippen MR) is 49.2 cm³/mol. The molecule has 1 aliphatic heterocycles. The molecule has 0 aromatic heterocycles. The number of hydrogen-bond acceptors (Lipinski definition) is 3. The van der Waals surface area contributed by atoms with E-state index in [0.29, 0.717) is 12.3 Å². The summed E-state index contributed by atoms with van der Waals surface area (Å²) >= 11 is 0. The van der Waals surface area contributed by atoms with Crippen LogP contribution in [0.25, 0.3) is 0 Å². The standard InChI is InChI=1S/C10H17NO2/c1-13-10(12)4-9(7-2-3-7)8-5-11-6-8/h7-9,11H,2-6H2,1H3. The van der Waals surface area contributed by atoms with Crippen molar-refractivity contribution < 1.29 is 9.53 Å². The van der Waals surface area contributed by atoms with Crippen LogP contribution >= 0.6 is 0 Å². The fraction of sp³-hybridized carbons (Fsp3) is 0.900. The summed E-state index contributed by atoms with van der Waals surface area (Å²) in [6.07, 6.45) is 3.27. The summed E-state index contributed by atoms with van der Waals surface area (Å²) in [6.45, 7) is 2.19. The summed E-state index contributed by atoms with van der Waals surface area (Å²) in [7, 11) is 1.48. The lowest BCUT2D eigenvalue weighted by Gasteiger charge is -2.34. The van der Waals surface area contributed by atoms with Crippen LogP contribution in [0, 0.1) is 17.8 Å². The zero-order valence-electron chi connectivity index (χ0n) is 8.08. The van der Waals surface area contributed by atoms with Crippen LogP contribution in [0.4, 0.5) is 0 Å². The smallest absolute Gasteiger partial charge is 0.305 e. The molecule has 3 nitrogen and oxygen atoms in total. The third-order valence-corrected chi connectivity index (χ3v) is 3.28. The first-order chi connectivity index (χ1) is 6.31. The van der Waals surface area contributed by atoms with Crippen molar-refractivity contribution in [1.82, 2.24) is 5.32 Å². The predicted octanol–water partition coefficient (Wildman–Crippen LogP) is 0.795. The first-order valence-corrected chi connectivity index (χ1v) is 5.09. The Bertz CT molecular complexity index is 197. The van der Waals surface area contributed by atoms with Gasteiger partial charge in [0.25, 0.3) is 0 Å². The van der Waals surface area contributed by atoms with Crippen LogP contribution in [0.2, 0.25) is 0 Å². The molecule has 0 bridgehead atoms. The highest BCUT2D eigenvalue weighted by Crippen LogP contribution is 2.43. The van der Waals surface area contributed by atoms with Crippen molar-refractivity contribution >= 4 is 5.97 Å². The number of esters is 1. The van der Waals surface area contributed by atoms with Gasteiger partial charge >= 0.3 is 5.97 Å². The lowest BCUT2D eigenvalue weighted by atomic mass is 9.82. The summed E-state index contributed by atoms with van der Waals surface area (Å²) in [6, 6.07) is 0. The molecule has 1 saturated heterocycles. The minimum Gasteiger partial charge on any atom is -0.469 e. The average Bonchev–Trinajstić information content (AvgIpc) is 2.81. The monoisotopic (exact) mass is 183 g/mol. The molecule has 1 heterocycles. The molecular formula is C10H17NO2. The summed E-state index contributed by atoms with van der Waals surface area (Å²) in [4.78, 5) is 11.2. The second kappa shape index (κ2) is 3.66. The Hall–Kier alpha value is -0.570. The molecule has 2 fully saturated rings. The Kier molecular flexibility index (Phi) is 2.54. The first kappa shape index (κ1) is 9.00. The summed E-state index contributed by atoms with van der Waals surface area (Å²) in [5.74, 6) is 2.09. The summed E-state index contributed by atoms with van der Waals surface area (Å²) in [5, 5.41) is 3.26. The normalized spacial score (nSPS) is 25.0. The number of ether oxygens (including phenoxy) is 1. The number of nitrogens with one attached hydrogen (secondary N) is 1. The van der Waals surface area contributed by atoms with Gasteiger partial charge in [0, 0.05) is 6.42 Å². The van der Waals surface area contributed by atoms with Gasteiger partial charge in [0.15, 0.2) is 0 Å². The van der Waals surface area contributed by atoms with Crippen LogP contribution in [0.1, 0.15) is 19.3 Å². The maximum Gasteiger partial charge on any atom is 0.305 e. The largest absolute Gasteiger partial charge is 0.469 e. The molecule has 74 valence electrons. The van der Waals surface area contributed by atoms with E-state index in [1.54, 1.807) is 0 Å². The molecule has 1 aliphatic carbocycles. The molecule has 0 aromatic rings. The molecule has 1 saturated carbocycles. The van der Waals surface area contributed by atoms with Gasteiger partial charge in [-0.15, -0.1) is 0 Å². The number of rotatable bonds is 4. The second-order valence-corrected chi connectivity index (χ2v) is 4.20. The van der Waals surface area contributed by atoms with E-state index in [1.807, 2.05) is 0 Å². The molecular weight excluding hydrogens is 166 g/mol. The highest BCUT2D eigenvalue weighted by Gasteiger charge is 2.39. The molecule has 2 rings (SSSR count). The van der Waals surface area contributed by atoms with E-state index in [-0.39, 0.29) is 5.97 Å². The Balaban J connectivity index is 1.85. The van der Waals surface area contributed by atoms with E-state index in [2.05, 4.69) is 5.32 Å². The Morgan fingerprint density at radius 1 is 1.46 bits per heavy atom. The molecule has 0 aromatic carbocycles. The average molecular weight is 183 g/mol. The lowest BCUT2D eigenvalue weighted by molar-refractivity contribution is -0.142. The zero-order valence-corrected chi connectivity index (χ0v) is 8.08. The van der Waals surface area contributed by atoms with Crippen LogP contribution in [-0.4, -0.2) is 26.2 Å².